The lowest BCUT2D eigenvalue weighted by Crippen LogP contribution is -2.55. The SMILES string of the molecule is BBB(Oc1ccc(B(B)c2ccc(OCC3CO3)cc2)cc1)C(O)COc1ccc(B(B(B)B)c2ccc(OCC(O)BOc3ccc(B(B)c4ccc(OB(BB)C5CO5)cc4)cc3)cc2)cc1. The summed E-state index contributed by atoms with van der Waals surface area (Å²) >= 11 is 0. The van der Waals surface area contributed by atoms with Crippen molar-refractivity contribution in [2.24, 2.45) is 0 Å². The van der Waals surface area contributed by atoms with Crippen LogP contribution in [0.1, 0.15) is 0 Å². The highest BCUT2D eigenvalue weighted by molar-refractivity contribution is 7.63. The van der Waals surface area contributed by atoms with Crippen molar-refractivity contribution in [2.45, 2.75) is 24.1 Å². The zero-order valence-corrected chi connectivity index (χ0v) is 41.4. The Hall–Kier alpha value is -5.07. The number of hydrogen-bond donors (Lipinski definition) is 2. The van der Waals surface area contributed by atoms with Crippen molar-refractivity contribution in [2.75, 3.05) is 33.0 Å². The van der Waals surface area contributed by atoms with E-state index in [1.54, 1.807) is 0 Å². The van der Waals surface area contributed by atoms with Gasteiger partial charge in [-0.05, 0) is 72.8 Å². The summed E-state index contributed by atoms with van der Waals surface area (Å²) in [5, 5.41) is 21.9. The van der Waals surface area contributed by atoms with Crippen LogP contribution in [0.2, 0.25) is 0 Å². The van der Waals surface area contributed by atoms with Crippen LogP contribution in [-0.2, 0) is 9.47 Å². The van der Waals surface area contributed by atoms with Crippen LogP contribution in [0.5, 0.6) is 34.5 Å². The molecule has 10 nitrogen and oxygen atoms in total. The van der Waals surface area contributed by atoms with Gasteiger partial charge in [0.25, 0.3) is 0 Å². The highest BCUT2D eigenvalue weighted by Crippen LogP contribution is 2.19. The van der Waals surface area contributed by atoms with E-state index in [9.17, 15) is 10.2 Å². The number of rotatable bonds is 27. The van der Waals surface area contributed by atoms with E-state index >= 15 is 0 Å². The van der Waals surface area contributed by atoms with Gasteiger partial charge in [-0.25, -0.2) is 0 Å². The first kappa shape index (κ1) is 51.3. The fourth-order valence-electron chi connectivity index (χ4n) is 8.82. The molecule has 70 heavy (non-hydrogen) atoms. The normalized spacial score (nSPS) is 15.2. The largest absolute Gasteiger partial charge is 0.567 e. The Labute approximate surface area is 423 Å². The number of epoxide rings is 2. The molecule has 2 saturated heterocycles. The van der Waals surface area contributed by atoms with E-state index in [0.29, 0.717) is 43.1 Å². The third-order valence-electron chi connectivity index (χ3n) is 13.4. The minimum atomic E-state index is -0.821. The van der Waals surface area contributed by atoms with Crippen LogP contribution in [0.4, 0.5) is 0 Å². The van der Waals surface area contributed by atoms with Crippen LogP contribution >= 0.6 is 0 Å². The maximum Gasteiger partial charge on any atom is 0.372 e. The molecule has 2 fully saturated rings. The van der Waals surface area contributed by atoms with Crippen molar-refractivity contribution in [1.29, 1.82) is 0 Å². The van der Waals surface area contributed by atoms with Crippen molar-refractivity contribution in [1.82, 2.24) is 0 Å². The Balaban J connectivity index is 0.753. The van der Waals surface area contributed by atoms with Crippen molar-refractivity contribution >= 4 is 141 Å². The Kier molecular flexibility index (Phi) is 18.2. The number of ether oxygens (including phenoxy) is 5. The second kappa shape index (κ2) is 24.9. The van der Waals surface area contributed by atoms with Gasteiger partial charge in [0.1, 0.15) is 63.3 Å². The lowest BCUT2D eigenvalue weighted by atomic mass is 8.90. The predicted molar refractivity (Wildman–Crippen MR) is 314 cm³/mol. The fraction of sp³-hybridized carbons (Fsp3) is 0.200. The minimum Gasteiger partial charge on any atom is -0.567 e. The van der Waals surface area contributed by atoms with E-state index in [-0.39, 0.29) is 59.4 Å². The molecule has 2 aliphatic heterocycles. The van der Waals surface area contributed by atoms with E-state index in [4.69, 9.17) is 37.6 Å². The molecule has 6 aromatic rings. The quantitative estimate of drug-likeness (QED) is 0.0382. The van der Waals surface area contributed by atoms with Gasteiger partial charge in [-0.15, -0.1) is 0 Å². The first-order chi connectivity index (χ1) is 34.0. The molecule has 0 bridgehead atoms. The number of hydrogen-bond acceptors (Lipinski definition) is 10. The van der Waals surface area contributed by atoms with Crippen LogP contribution < -0.4 is 61.0 Å². The zero-order valence-electron chi connectivity index (χ0n) is 41.4. The van der Waals surface area contributed by atoms with Crippen LogP contribution in [0.3, 0.4) is 0 Å². The van der Waals surface area contributed by atoms with Crippen LogP contribution in [0.25, 0.3) is 0 Å². The monoisotopic (exact) mass is 921 g/mol. The molecule has 0 radical (unpaired) electrons. The van der Waals surface area contributed by atoms with Gasteiger partial charge >= 0.3 is 21.1 Å². The Morgan fingerprint density at radius 2 is 0.929 bits per heavy atom. The molecule has 4 atom stereocenters. The molecule has 340 valence electrons. The Bertz CT molecular complexity index is 2510. The van der Waals surface area contributed by atoms with Crippen molar-refractivity contribution in [3.8, 4) is 34.5 Å². The van der Waals surface area contributed by atoms with E-state index < -0.39 is 18.8 Å². The summed E-state index contributed by atoms with van der Waals surface area (Å²) in [5.74, 6) is 4.47. The standard InChI is InChI=1S/C45H55B15O10/c46-53-58(69-40-21-5-32(6-22-40)55(48)30-1-13-36(14-2-30)63-25-42-26-64-42)44(62)28-66-38-17-11-35(12-18-38)57(60(50)51)34-9-15-37(16-10-34)65-27-43(61)52-68-39-19-3-31(4-20-39)56(49)33-7-23-41(24-8-33)70-59(54-47)45-29-67-45/h1-24,42-45,52-54,61-62H,25-29,46-51H2. The molecular formula is C45H55B15O10. The molecular weight excluding hydrogens is 863 g/mol. The van der Waals surface area contributed by atoms with Crippen LogP contribution in [-0.4, -0.2) is 175 Å². The van der Waals surface area contributed by atoms with Crippen molar-refractivity contribution in [3.05, 3.63) is 146 Å². The molecule has 0 saturated carbocycles. The molecule has 6 aromatic carbocycles. The molecule has 0 amide bonds. The summed E-state index contributed by atoms with van der Waals surface area (Å²) in [6.45, 7) is 2.57. The lowest BCUT2D eigenvalue weighted by molar-refractivity contribution is 0.156. The topological polar surface area (TPSA) is 121 Å². The number of benzene rings is 6. The number of aliphatic hydroxyl groups is 2. The predicted octanol–water partition coefficient (Wildman–Crippen LogP) is -6.87. The zero-order chi connectivity index (χ0) is 49.0. The Morgan fingerprint density at radius 1 is 0.514 bits per heavy atom. The summed E-state index contributed by atoms with van der Waals surface area (Å²) in [4.78, 5) is 0. The smallest absolute Gasteiger partial charge is 0.372 e. The van der Waals surface area contributed by atoms with E-state index in [2.05, 4.69) is 111 Å². The first-order valence-corrected chi connectivity index (χ1v) is 25.1. The number of aliphatic hydroxyl groups excluding tert-OH is 2. The van der Waals surface area contributed by atoms with Gasteiger partial charge in [0, 0.05) is 0 Å². The third-order valence-corrected chi connectivity index (χ3v) is 13.4. The van der Waals surface area contributed by atoms with Gasteiger partial charge < -0.3 is 47.9 Å². The molecule has 0 spiro atoms. The van der Waals surface area contributed by atoms with Gasteiger partial charge in [0.2, 0.25) is 0 Å². The average Bonchev–Trinajstić information content (AvgIpc) is 4.35. The molecule has 4 unspecified atom stereocenters. The lowest BCUT2D eigenvalue weighted by Gasteiger charge is -2.21. The summed E-state index contributed by atoms with van der Waals surface area (Å²) in [6.07, 6.45) is 0.555. The molecule has 2 heterocycles. The van der Waals surface area contributed by atoms with E-state index in [1.165, 1.54) is 21.9 Å². The maximum atomic E-state index is 11.1. The minimum absolute atomic E-state index is 0.100. The van der Waals surface area contributed by atoms with E-state index in [0.717, 1.165) is 42.7 Å². The van der Waals surface area contributed by atoms with Crippen LogP contribution in [0.15, 0.2) is 146 Å². The molecule has 8 rings (SSSR count). The van der Waals surface area contributed by atoms with Gasteiger partial charge in [0.05, 0.1) is 95.3 Å². The highest BCUT2D eigenvalue weighted by Gasteiger charge is 2.38. The average molecular weight is 918 g/mol. The molecule has 25 heteroatoms. The third kappa shape index (κ3) is 14.5. The highest BCUT2D eigenvalue weighted by atomic mass is 16.6. The molecule has 0 aromatic heterocycles. The summed E-state index contributed by atoms with van der Waals surface area (Å²) in [7, 11) is 14.6. The second-order valence-electron chi connectivity index (χ2n) is 19.0. The van der Waals surface area contributed by atoms with Crippen molar-refractivity contribution in [3.63, 3.8) is 0 Å². The van der Waals surface area contributed by atoms with E-state index in [1.807, 2.05) is 80.5 Å². The summed E-state index contributed by atoms with van der Waals surface area (Å²) in [6, 6.07) is 47.4. The summed E-state index contributed by atoms with van der Waals surface area (Å²) < 4.78 is 46.8. The van der Waals surface area contributed by atoms with Crippen molar-refractivity contribution < 1.29 is 47.9 Å². The summed E-state index contributed by atoms with van der Waals surface area (Å²) in [5.41, 5.74) is 7.07. The molecule has 0 aliphatic carbocycles. The second-order valence-corrected chi connectivity index (χ2v) is 19.0. The molecule has 2 aliphatic rings. The molecule has 2 N–H and O–H groups in total. The van der Waals surface area contributed by atoms with Crippen LogP contribution in [0, 0.1) is 0 Å². The first-order valence-electron chi connectivity index (χ1n) is 25.1. The fourth-order valence-corrected chi connectivity index (χ4v) is 8.82. The van der Waals surface area contributed by atoms with Gasteiger partial charge in [-0.1, -0.05) is 106 Å². The Morgan fingerprint density at radius 3 is 1.36 bits per heavy atom. The van der Waals surface area contributed by atoms with Gasteiger partial charge in [0.15, 0.2) is 19.8 Å². The van der Waals surface area contributed by atoms with Gasteiger partial charge in [-0.2, -0.15) is 0 Å². The van der Waals surface area contributed by atoms with Gasteiger partial charge in [-0.3, -0.25) is 0 Å². The maximum absolute atomic E-state index is 11.1.